The second-order valence-electron chi connectivity index (χ2n) is 7.19. The van der Waals surface area contributed by atoms with E-state index < -0.39 is 0 Å². The standard InChI is InChI=1S/C20H26N4O3/c1-13-4-5-14(2)17(10-13)21-20(26)12-24(16-6-7-16)9-8-19(25)22-18-11-15(3)27-23-18/h4-5,10-11,16H,6-9,12H2,1-3H3,(H,21,26)(H,22,23,25). The number of benzene rings is 1. The minimum atomic E-state index is -0.135. The van der Waals surface area contributed by atoms with Crippen LogP contribution < -0.4 is 10.6 Å². The molecule has 2 aromatic rings. The van der Waals surface area contributed by atoms with Gasteiger partial charge in [0.2, 0.25) is 11.8 Å². The van der Waals surface area contributed by atoms with Crippen molar-refractivity contribution >= 4 is 23.3 Å². The maximum absolute atomic E-state index is 12.5. The van der Waals surface area contributed by atoms with E-state index in [1.807, 2.05) is 32.0 Å². The van der Waals surface area contributed by atoms with Crippen LogP contribution in [0.3, 0.4) is 0 Å². The van der Waals surface area contributed by atoms with Crippen molar-refractivity contribution in [3.8, 4) is 0 Å². The Morgan fingerprint density at radius 3 is 2.59 bits per heavy atom. The molecule has 7 nitrogen and oxygen atoms in total. The normalized spacial score (nSPS) is 13.6. The summed E-state index contributed by atoms with van der Waals surface area (Å²) in [4.78, 5) is 26.7. The number of nitrogens with one attached hydrogen (secondary N) is 2. The first-order valence-electron chi connectivity index (χ1n) is 9.25. The fourth-order valence-corrected chi connectivity index (χ4v) is 2.95. The zero-order valence-electron chi connectivity index (χ0n) is 16.0. The Morgan fingerprint density at radius 2 is 1.93 bits per heavy atom. The summed E-state index contributed by atoms with van der Waals surface area (Å²) in [6.45, 7) is 6.57. The van der Waals surface area contributed by atoms with Gasteiger partial charge in [0, 0.05) is 30.8 Å². The number of carbonyl (C=O) groups excluding carboxylic acids is 2. The molecule has 144 valence electrons. The summed E-state index contributed by atoms with van der Waals surface area (Å²) >= 11 is 0. The number of carbonyl (C=O) groups is 2. The smallest absolute Gasteiger partial charge is 0.238 e. The van der Waals surface area contributed by atoms with Gasteiger partial charge in [0.1, 0.15) is 5.76 Å². The topological polar surface area (TPSA) is 87.5 Å². The Labute approximate surface area is 159 Å². The van der Waals surface area contributed by atoms with Gasteiger partial charge in [-0.25, -0.2) is 0 Å². The van der Waals surface area contributed by atoms with Crippen molar-refractivity contribution in [2.24, 2.45) is 0 Å². The highest BCUT2D eigenvalue weighted by Gasteiger charge is 2.30. The molecule has 1 saturated carbocycles. The molecule has 1 aromatic heterocycles. The molecular weight excluding hydrogens is 344 g/mol. The monoisotopic (exact) mass is 370 g/mol. The van der Waals surface area contributed by atoms with Gasteiger partial charge in [0.15, 0.2) is 5.82 Å². The maximum atomic E-state index is 12.5. The van der Waals surface area contributed by atoms with Crippen LogP contribution in [0.5, 0.6) is 0 Å². The van der Waals surface area contributed by atoms with E-state index in [0.717, 1.165) is 29.7 Å². The highest BCUT2D eigenvalue weighted by atomic mass is 16.5. The second-order valence-corrected chi connectivity index (χ2v) is 7.19. The van der Waals surface area contributed by atoms with Crippen molar-refractivity contribution in [2.75, 3.05) is 23.7 Å². The maximum Gasteiger partial charge on any atom is 0.238 e. The lowest BCUT2D eigenvalue weighted by Gasteiger charge is -2.21. The molecule has 0 atom stereocenters. The van der Waals surface area contributed by atoms with E-state index in [1.54, 1.807) is 13.0 Å². The predicted octanol–water partition coefficient (Wildman–Crippen LogP) is 3.03. The van der Waals surface area contributed by atoms with Crippen molar-refractivity contribution in [1.29, 1.82) is 0 Å². The van der Waals surface area contributed by atoms with Crippen LogP contribution in [0.25, 0.3) is 0 Å². The summed E-state index contributed by atoms with van der Waals surface area (Å²) in [5.41, 5.74) is 2.99. The third-order valence-corrected chi connectivity index (χ3v) is 4.60. The number of anilines is 2. The van der Waals surface area contributed by atoms with Crippen molar-refractivity contribution in [3.05, 3.63) is 41.2 Å². The van der Waals surface area contributed by atoms with Gasteiger partial charge in [-0.05, 0) is 50.8 Å². The summed E-state index contributed by atoms with van der Waals surface area (Å²) in [6, 6.07) is 8.06. The van der Waals surface area contributed by atoms with Crippen LogP contribution in [0.1, 0.15) is 36.1 Å². The van der Waals surface area contributed by atoms with Crippen molar-refractivity contribution in [3.63, 3.8) is 0 Å². The molecule has 0 spiro atoms. The quantitative estimate of drug-likeness (QED) is 0.746. The molecule has 27 heavy (non-hydrogen) atoms. The van der Waals surface area contributed by atoms with Crippen LogP contribution in [0.4, 0.5) is 11.5 Å². The molecule has 2 amide bonds. The highest BCUT2D eigenvalue weighted by molar-refractivity contribution is 5.93. The van der Waals surface area contributed by atoms with Crippen molar-refractivity contribution in [1.82, 2.24) is 10.1 Å². The van der Waals surface area contributed by atoms with Crippen LogP contribution in [0.2, 0.25) is 0 Å². The van der Waals surface area contributed by atoms with Gasteiger partial charge in [-0.2, -0.15) is 0 Å². The Bertz CT molecular complexity index is 826. The number of nitrogens with zero attached hydrogens (tertiary/aromatic N) is 2. The summed E-state index contributed by atoms with van der Waals surface area (Å²) in [7, 11) is 0. The molecule has 1 fully saturated rings. The second kappa shape index (κ2) is 8.35. The van der Waals surface area contributed by atoms with E-state index in [0.29, 0.717) is 30.6 Å². The third kappa shape index (κ3) is 5.65. The summed E-state index contributed by atoms with van der Waals surface area (Å²) in [5, 5.41) is 9.46. The minimum absolute atomic E-state index is 0.0527. The molecule has 1 aromatic carbocycles. The van der Waals surface area contributed by atoms with Gasteiger partial charge >= 0.3 is 0 Å². The van der Waals surface area contributed by atoms with E-state index in [1.165, 1.54) is 0 Å². The van der Waals surface area contributed by atoms with E-state index in [-0.39, 0.29) is 18.4 Å². The first-order valence-corrected chi connectivity index (χ1v) is 9.25. The van der Waals surface area contributed by atoms with Crippen LogP contribution in [-0.4, -0.2) is 41.0 Å². The molecule has 0 bridgehead atoms. The van der Waals surface area contributed by atoms with E-state index in [4.69, 9.17) is 4.52 Å². The lowest BCUT2D eigenvalue weighted by Crippen LogP contribution is -2.37. The van der Waals surface area contributed by atoms with Gasteiger partial charge in [-0.1, -0.05) is 17.3 Å². The summed E-state index contributed by atoms with van der Waals surface area (Å²) < 4.78 is 4.94. The van der Waals surface area contributed by atoms with Crippen molar-refractivity contribution in [2.45, 2.75) is 46.1 Å². The lowest BCUT2D eigenvalue weighted by atomic mass is 10.1. The molecule has 0 unspecified atom stereocenters. The molecule has 1 aliphatic carbocycles. The van der Waals surface area contributed by atoms with Crippen LogP contribution in [-0.2, 0) is 9.59 Å². The zero-order chi connectivity index (χ0) is 19.4. The van der Waals surface area contributed by atoms with Gasteiger partial charge < -0.3 is 15.2 Å². The predicted molar refractivity (Wildman–Crippen MR) is 104 cm³/mol. The molecule has 0 saturated heterocycles. The average Bonchev–Trinajstić information content (AvgIpc) is 3.38. The summed E-state index contributed by atoms with van der Waals surface area (Å²) in [5.74, 6) is 0.878. The molecule has 0 radical (unpaired) electrons. The van der Waals surface area contributed by atoms with E-state index in [9.17, 15) is 9.59 Å². The third-order valence-electron chi connectivity index (χ3n) is 4.60. The molecule has 1 heterocycles. The Balaban J connectivity index is 1.50. The van der Waals surface area contributed by atoms with Gasteiger partial charge in [0.25, 0.3) is 0 Å². The zero-order valence-corrected chi connectivity index (χ0v) is 16.0. The van der Waals surface area contributed by atoms with Gasteiger partial charge in [0.05, 0.1) is 6.54 Å². The Kier molecular flexibility index (Phi) is 5.91. The summed E-state index contributed by atoms with van der Waals surface area (Å²) in [6.07, 6.45) is 2.45. The number of hydrogen-bond acceptors (Lipinski definition) is 5. The fraction of sp³-hybridized carbons (Fsp3) is 0.450. The van der Waals surface area contributed by atoms with Gasteiger partial charge in [-0.3, -0.25) is 14.5 Å². The van der Waals surface area contributed by atoms with E-state index >= 15 is 0 Å². The van der Waals surface area contributed by atoms with Crippen molar-refractivity contribution < 1.29 is 14.1 Å². The first kappa shape index (κ1) is 19.1. The average molecular weight is 370 g/mol. The minimum Gasteiger partial charge on any atom is -0.360 e. The molecule has 0 aliphatic heterocycles. The van der Waals surface area contributed by atoms with Gasteiger partial charge in [-0.15, -0.1) is 0 Å². The Morgan fingerprint density at radius 1 is 1.15 bits per heavy atom. The number of aromatic nitrogens is 1. The molecular formula is C20H26N4O3. The Hall–Kier alpha value is -2.67. The first-order chi connectivity index (χ1) is 12.9. The molecule has 1 aliphatic rings. The van der Waals surface area contributed by atoms with Crippen LogP contribution in [0, 0.1) is 20.8 Å². The SMILES string of the molecule is Cc1ccc(C)c(NC(=O)CN(CCC(=O)Nc2cc(C)on2)C2CC2)c1. The van der Waals surface area contributed by atoms with Crippen LogP contribution in [0.15, 0.2) is 28.8 Å². The molecule has 3 rings (SSSR count). The number of hydrogen-bond donors (Lipinski definition) is 2. The number of amides is 2. The fourth-order valence-electron chi connectivity index (χ4n) is 2.95. The number of aryl methyl sites for hydroxylation is 3. The van der Waals surface area contributed by atoms with E-state index in [2.05, 4.69) is 20.7 Å². The number of rotatable bonds is 8. The highest BCUT2D eigenvalue weighted by Crippen LogP contribution is 2.27. The molecule has 2 N–H and O–H groups in total. The lowest BCUT2D eigenvalue weighted by molar-refractivity contribution is -0.119. The molecule has 7 heteroatoms. The largest absolute Gasteiger partial charge is 0.360 e. The van der Waals surface area contributed by atoms with Crippen LogP contribution >= 0.6 is 0 Å².